The first-order valence-electron chi connectivity index (χ1n) is 7.68. The maximum atomic E-state index is 6.68. The van der Waals surface area contributed by atoms with Crippen molar-refractivity contribution in [2.75, 3.05) is 0 Å². The van der Waals surface area contributed by atoms with Crippen LogP contribution in [-0.4, -0.2) is 15.1 Å². The predicted octanol–water partition coefficient (Wildman–Crippen LogP) is 3.27. The van der Waals surface area contributed by atoms with Gasteiger partial charge in [-0.1, -0.05) is 26.0 Å². The number of fused-ring (bicyclic) bond motifs is 1. The molecule has 1 fully saturated rings. The first kappa shape index (κ1) is 13.6. The summed E-state index contributed by atoms with van der Waals surface area (Å²) in [5, 5.41) is 0. The van der Waals surface area contributed by atoms with Crippen molar-refractivity contribution in [3.63, 3.8) is 0 Å². The lowest BCUT2D eigenvalue weighted by atomic mass is 9.70. The zero-order valence-corrected chi connectivity index (χ0v) is 12.8. The highest BCUT2D eigenvalue weighted by molar-refractivity contribution is 5.75. The molecule has 3 nitrogen and oxygen atoms in total. The van der Waals surface area contributed by atoms with Gasteiger partial charge in [-0.2, -0.15) is 0 Å². The highest BCUT2D eigenvalue weighted by atomic mass is 15.1. The fraction of sp³-hybridized carbons (Fsp3) is 0.588. The van der Waals surface area contributed by atoms with Crippen LogP contribution in [0.15, 0.2) is 24.3 Å². The molecule has 3 rings (SSSR count). The molecule has 1 saturated carbocycles. The van der Waals surface area contributed by atoms with Crippen LogP contribution in [0.5, 0.6) is 0 Å². The molecule has 1 aromatic carbocycles. The summed E-state index contributed by atoms with van der Waals surface area (Å²) in [4.78, 5) is 4.78. The number of imidazole rings is 1. The Hall–Kier alpha value is -1.35. The van der Waals surface area contributed by atoms with Gasteiger partial charge in [0, 0.05) is 19.0 Å². The minimum absolute atomic E-state index is 0.0823. The first-order chi connectivity index (χ1) is 9.48. The van der Waals surface area contributed by atoms with Crippen molar-refractivity contribution >= 4 is 11.0 Å². The fourth-order valence-electron chi connectivity index (χ4n) is 3.57. The van der Waals surface area contributed by atoms with E-state index in [1.165, 1.54) is 11.9 Å². The molecule has 1 aromatic heterocycles. The average Bonchev–Trinajstić information content (AvgIpc) is 2.72. The third-order valence-electron chi connectivity index (χ3n) is 5.19. The summed E-state index contributed by atoms with van der Waals surface area (Å²) in [5.41, 5.74) is 8.87. The van der Waals surface area contributed by atoms with E-state index in [4.69, 9.17) is 10.7 Å². The number of para-hydroxylation sites is 2. The van der Waals surface area contributed by atoms with Crippen molar-refractivity contribution in [2.24, 2.45) is 24.6 Å². The van der Waals surface area contributed by atoms with Gasteiger partial charge in [-0.3, -0.25) is 0 Å². The van der Waals surface area contributed by atoms with Crippen LogP contribution in [0.25, 0.3) is 11.0 Å². The van der Waals surface area contributed by atoms with Gasteiger partial charge in [-0.25, -0.2) is 4.98 Å². The van der Waals surface area contributed by atoms with Gasteiger partial charge in [0.1, 0.15) is 5.82 Å². The molecule has 0 aliphatic heterocycles. The van der Waals surface area contributed by atoms with E-state index in [9.17, 15) is 0 Å². The summed E-state index contributed by atoms with van der Waals surface area (Å²) < 4.78 is 2.20. The van der Waals surface area contributed by atoms with E-state index in [-0.39, 0.29) is 5.54 Å². The fourth-order valence-corrected chi connectivity index (χ4v) is 3.57. The first-order valence-corrected chi connectivity index (χ1v) is 7.68. The molecule has 1 aliphatic rings. The number of benzene rings is 1. The minimum Gasteiger partial charge on any atom is -0.331 e. The van der Waals surface area contributed by atoms with Crippen molar-refractivity contribution in [1.82, 2.24) is 9.55 Å². The van der Waals surface area contributed by atoms with Crippen LogP contribution in [-0.2, 0) is 13.5 Å². The lowest BCUT2D eigenvalue weighted by molar-refractivity contribution is 0.173. The molecule has 1 heterocycles. The van der Waals surface area contributed by atoms with Crippen LogP contribution in [0.2, 0.25) is 0 Å². The quantitative estimate of drug-likeness (QED) is 0.911. The second-order valence-corrected chi connectivity index (χ2v) is 6.81. The Morgan fingerprint density at radius 3 is 2.75 bits per heavy atom. The molecule has 1 aliphatic carbocycles. The van der Waals surface area contributed by atoms with E-state index >= 15 is 0 Å². The molecule has 20 heavy (non-hydrogen) atoms. The topological polar surface area (TPSA) is 43.8 Å². The predicted molar refractivity (Wildman–Crippen MR) is 83.5 cm³/mol. The van der Waals surface area contributed by atoms with E-state index in [0.717, 1.165) is 36.5 Å². The molecular formula is C17H25N3. The minimum atomic E-state index is -0.0823. The Morgan fingerprint density at radius 2 is 2.05 bits per heavy atom. The van der Waals surface area contributed by atoms with Crippen LogP contribution in [0.3, 0.4) is 0 Å². The second kappa shape index (κ2) is 4.88. The van der Waals surface area contributed by atoms with Crippen LogP contribution in [0.1, 0.15) is 38.9 Å². The molecule has 2 N–H and O–H groups in total. The number of aromatic nitrogens is 2. The Morgan fingerprint density at radius 1 is 1.30 bits per heavy atom. The smallest absolute Gasteiger partial charge is 0.111 e. The molecule has 3 unspecified atom stereocenters. The lowest BCUT2D eigenvalue weighted by Gasteiger charge is -2.40. The normalized spacial score (nSPS) is 30.8. The molecule has 0 amide bonds. The number of aryl methyl sites for hydroxylation is 1. The van der Waals surface area contributed by atoms with Gasteiger partial charge >= 0.3 is 0 Å². The Balaban J connectivity index is 1.87. The monoisotopic (exact) mass is 271 g/mol. The van der Waals surface area contributed by atoms with E-state index in [0.29, 0.717) is 5.92 Å². The van der Waals surface area contributed by atoms with Crippen LogP contribution in [0.4, 0.5) is 0 Å². The third-order valence-corrected chi connectivity index (χ3v) is 5.19. The van der Waals surface area contributed by atoms with Gasteiger partial charge in [-0.15, -0.1) is 0 Å². The van der Waals surface area contributed by atoms with Crippen LogP contribution < -0.4 is 5.73 Å². The largest absolute Gasteiger partial charge is 0.331 e. The number of hydrogen-bond acceptors (Lipinski definition) is 2. The van der Waals surface area contributed by atoms with Crippen molar-refractivity contribution in [3.05, 3.63) is 30.1 Å². The van der Waals surface area contributed by atoms with Gasteiger partial charge in [0.2, 0.25) is 0 Å². The van der Waals surface area contributed by atoms with Crippen LogP contribution >= 0.6 is 0 Å². The average molecular weight is 271 g/mol. The number of nitrogens with zero attached hydrogens (tertiary/aromatic N) is 2. The van der Waals surface area contributed by atoms with Gasteiger partial charge in [0.25, 0.3) is 0 Å². The third kappa shape index (κ3) is 2.35. The summed E-state index contributed by atoms with van der Waals surface area (Å²) in [6, 6.07) is 8.31. The molecule has 2 aromatic rings. The maximum absolute atomic E-state index is 6.68. The van der Waals surface area contributed by atoms with E-state index in [1.54, 1.807) is 0 Å². The molecule has 3 heteroatoms. The highest BCUT2D eigenvalue weighted by Crippen LogP contribution is 2.36. The Bertz CT molecular complexity index is 616. The van der Waals surface area contributed by atoms with Crippen molar-refractivity contribution in [2.45, 2.75) is 45.1 Å². The maximum Gasteiger partial charge on any atom is 0.111 e. The van der Waals surface area contributed by atoms with Gasteiger partial charge in [0.05, 0.1) is 11.0 Å². The van der Waals surface area contributed by atoms with Crippen molar-refractivity contribution < 1.29 is 0 Å². The molecular weight excluding hydrogens is 246 g/mol. The SMILES string of the molecule is CC1CCC(N)(Cc2nc3ccccc3n2C)CC1C. The number of rotatable bonds is 2. The van der Waals surface area contributed by atoms with Crippen molar-refractivity contribution in [1.29, 1.82) is 0 Å². The van der Waals surface area contributed by atoms with Gasteiger partial charge in [0.15, 0.2) is 0 Å². The lowest BCUT2D eigenvalue weighted by Crippen LogP contribution is -2.48. The van der Waals surface area contributed by atoms with E-state index < -0.39 is 0 Å². The molecule has 0 bridgehead atoms. The zero-order valence-electron chi connectivity index (χ0n) is 12.8. The summed E-state index contributed by atoms with van der Waals surface area (Å²) >= 11 is 0. The van der Waals surface area contributed by atoms with Crippen LogP contribution in [0, 0.1) is 11.8 Å². The second-order valence-electron chi connectivity index (χ2n) is 6.81. The summed E-state index contributed by atoms with van der Waals surface area (Å²) in [6.07, 6.45) is 4.34. The molecule has 3 atom stereocenters. The van der Waals surface area contributed by atoms with Crippen molar-refractivity contribution in [3.8, 4) is 0 Å². The summed E-state index contributed by atoms with van der Waals surface area (Å²) in [7, 11) is 2.10. The van der Waals surface area contributed by atoms with Gasteiger partial charge in [-0.05, 0) is 43.2 Å². The summed E-state index contributed by atoms with van der Waals surface area (Å²) in [6.45, 7) is 4.68. The number of nitrogens with two attached hydrogens (primary N) is 1. The summed E-state index contributed by atoms with van der Waals surface area (Å²) in [5.74, 6) is 2.63. The molecule has 0 saturated heterocycles. The molecule has 0 radical (unpaired) electrons. The van der Waals surface area contributed by atoms with Gasteiger partial charge < -0.3 is 10.3 Å². The molecule has 108 valence electrons. The Kier molecular flexibility index (Phi) is 3.33. The van der Waals surface area contributed by atoms with E-state index in [1.807, 2.05) is 6.07 Å². The Labute approximate surface area is 121 Å². The van der Waals surface area contributed by atoms with E-state index in [2.05, 4.69) is 43.7 Å². The number of hydrogen-bond donors (Lipinski definition) is 1. The highest BCUT2D eigenvalue weighted by Gasteiger charge is 2.35. The zero-order chi connectivity index (χ0) is 14.3. The molecule has 0 spiro atoms. The standard InChI is InChI=1S/C17H25N3/c1-12-8-9-17(18,10-13(12)2)11-16-19-14-6-4-5-7-15(14)20(16)3/h4-7,12-13H,8-11,18H2,1-3H3.